The Hall–Kier alpha value is -1.40. The Morgan fingerprint density at radius 1 is 1.28 bits per heavy atom. The lowest BCUT2D eigenvalue weighted by Crippen LogP contribution is -2.36. The van der Waals surface area contributed by atoms with E-state index in [0.717, 1.165) is 31.2 Å². The van der Waals surface area contributed by atoms with Gasteiger partial charge in [-0.25, -0.2) is 4.39 Å². The van der Waals surface area contributed by atoms with Crippen LogP contribution in [0.25, 0.3) is 11.0 Å². The monoisotopic (exact) mass is 365 g/mol. The van der Waals surface area contributed by atoms with E-state index in [9.17, 15) is 4.39 Å². The van der Waals surface area contributed by atoms with E-state index in [-0.39, 0.29) is 27.3 Å². The second kappa shape index (κ2) is 7.46. The van der Waals surface area contributed by atoms with Crippen molar-refractivity contribution >= 4 is 27.1 Å². The fourth-order valence-electron chi connectivity index (χ4n) is 3.25. The molecule has 1 aromatic carbocycles. The summed E-state index contributed by atoms with van der Waals surface area (Å²) in [6.45, 7) is 8.98. The van der Waals surface area contributed by atoms with Gasteiger partial charge in [0.25, 0.3) is 6.01 Å². The van der Waals surface area contributed by atoms with Crippen LogP contribution < -0.4 is 9.46 Å². The Morgan fingerprint density at radius 3 is 2.64 bits per heavy atom. The molecule has 1 fully saturated rings. The number of aromatic amines is 1. The Morgan fingerprint density at radius 2 is 2.00 bits per heavy atom. The molecule has 1 aliphatic rings. The molecule has 2 aromatic rings. The van der Waals surface area contributed by atoms with E-state index in [1.165, 1.54) is 12.1 Å². The average Bonchev–Trinajstić information content (AvgIpc) is 2.94. The average molecular weight is 366 g/mol. The highest BCUT2D eigenvalue weighted by Crippen LogP contribution is 2.31. The minimum absolute atomic E-state index is 0.122. The Balaban J connectivity index is 1.55. The van der Waals surface area contributed by atoms with Gasteiger partial charge in [0, 0.05) is 10.8 Å². The normalized spacial score (nSPS) is 23.1. The van der Waals surface area contributed by atoms with Crippen LogP contribution in [-0.4, -0.2) is 32.2 Å². The molecule has 1 saturated carbocycles. The summed E-state index contributed by atoms with van der Waals surface area (Å²) >= 11 is 0. The predicted octanol–water partition coefficient (Wildman–Crippen LogP) is 4.79. The smallest absolute Gasteiger partial charge is 0.294 e. The molecule has 0 amide bonds. The number of imidazole rings is 1. The van der Waals surface area contributed by atoms with Gasteiger partial charge in [0.1, 0.15) is 11.9 Å². The van der Waals surface area contributed by atoms with Gasteiger partial charge in [0.15, 0.2) is 0 Å². The molecule has 6 heteroatoms. The maximum atomic E-state index is 13.3. The number of ether oxygens (including phenoxy) is 1. The third kappa shape index (κ3) is 4.61. The molecule has 0 spiro atoms. The van der Waals surface area contributed by atoms with E-state index < -0.39 is 0 Å². The number of rotatable bonds is 4. The number of aromatic nitrogens is 2. The number of H-pyrrole nitrogens is 1. The Kier molecular flexibility index (Phi) is 5.49. The maximum absolute atomic E-state index is 13.3. The summed E-state index contributed by atoms with van der Waals surface area (Å²) in [4.78, 5) is 7.46. The first-order valence-electron chi connectivity index (χ1n) is 8.96. The van der Waals surface area contributed by atoms with E-state index >= 15 is 0 Å². The van der Waals surface area contributed by atoms with Gasteiger partial charge in [-0.2, -0.15) is 4.98 Å². The summed E-state index contributed by atoms with van der Waals surface area (Å²) in [5.74, 6) is -0.267. The summed E-state index contributed by atoms with van der Waals surface area (Å²) in [5.41, 5.74) is 1.41. The van der Waals surface area contributed by atoms with Gasteiger partial charge < -0.3 is 9.72 Å². The zero-order valence-electron chi connectivity index (χ0n) is 15.4. The van der Waals surface area contributed by atoms with Gasteiger partial charge in [-0.15, -0.1) is 10.7 Å². The van der Waals surface area contributed by atoms with Crippen LogP contribution in [0.5, 0.6) is 6.01 Å². The number of halogens is 1. The van der Waals surface area contributed by atoms with Crippen molar-refractivity contribution in [3.05, 3.63) is 24.0 Å². The van der Waals surface area contributed by atoms with Crippen molar-refractivity contribution in [2.45, 2.75) is 70.3 Å². The lowest BCUT2D eigenvalue weighted by molar-refractivity contribution is 0.134. The number of hydrogen-bond acceptors (Lipinski definition) is 3. The molecule has 0 aliphatic heterocycles. The standard InChI is InChI=1S/C19H28FN3OS/c1-5-25(19(2,3)4)23-14-7-9-15(10-8-14)24-18-21-16-11-6-13(20)12-17(16)22-18/h5-6,11-12,14-15,23H,7-10H2,1-4H3,(H,21,22). The molecule has 0 bridgehead atoms. The van der Waals surface area contributed by atoms with Gasteiger partial charge in [0.2, 0.25) is 0 Å². The van der Waals surface area contributed by atoms with Gasteiger partial charge in [0.05, 0.1) is 11.0 Å². The Labute approximate surface area is 151 Å². The fraction of sp³-hybridized carbons (Fsp3) is 0.579. The van der Waals surface area contributed by atoms with Crippen molar-refractivity contribution in [3.63, 3.8) is 0 Å². The van der Waals surface area contributed by atoms with Crippen LogP contribution in [-0.2, 0) is 0 Å². The highest BCUT2D eigenvalue weighted by molar-refractivity contribution is 8.14. The number of fused-ring (bicyclic) bond motifs is 1. The first-order valence-corrected chi connectivity index (χ1v) is 10.2. The molecule has 25 heavy (non-hydrogen) atoms. The molecular formula is C19H28FN3OS. The van der Waals surface area contributed by atoms with Gasteiger partial charge in [-0.3, -0.25) is 4.72 Å². The van der Waals surface area contributed by atoms with E-state index in [1.54, 1.807) is 6.07 Å². The van der Waals surface area contributed by atoms with Crippen molar-refractivity contribution in [1.82, 2.24) is 14.7 Å². The molecular weight excluding hydrogens is 337 g/mol. The fourth-order valence-corrected chi connectivity index (χ4v) is 5.04. The molecule has 1 aliphatic carbocycles. The molecule has 1 heterocycles. The molecule has 2 N–H and O–H groups in total. The molecule has 0 saturated heterocycles. The van der Waals surface area contributed by atoms with Crippen molar-refractivity contribution < 1.29 is 9.13 Å². The number of hydrogen-bond donors (Lipinski definition) is 2. The number of nitrogens with one attached hydrogen (secondary N) is 2. The molecule has 1 atom stereocenters. The second-order valence-corrected chi connectivity index (χ2v) is 10.2. The van der Waals surface area contributed by atoms with Crippen LogP contribution >= 0.6 is 10.7 Å². The van der Waals surface area contributed by atoms with Crippen LogP contribution in [0.1, 0.15) is 53.4 Å². The minimum Gasteiger partial charge on any atom is -0.461 e. The third-order valence-electron chi connectivity index (χ3n) is 4.56. The minimum atomic E-state index is -0.267. The SMILES string of the molecule is C/C=S(/NC1CCC(Oc2nc3ccc(F)cc3[nH]2)CC1)C(C)(C)C. The Bertz CT molecular complexity index is 758. The summed E-state index contributed by atoms with van der Waals surface area (Å²) in [6, 6.07) is 5.58. The number of benzene rings is 1. The first-order chi connectivity index (χ1) is 11.8. The van der Waals surface area contributed by atoms with Gasteiger partial charge in [-0.1, -0.05) is 20.8 Å². The first kappa shape index (κ1) is 18.4. The zero-order valence-corrected chi connectivity index (χ0v) is 16.3. The summed E-state index contributed by atoms with van der Waals surface area (Å²) in [6.07, 6.45) is 4.40. The van der Waals surface area contributed by atoms with Gasteiger partial charge >= 0.3 is 0 Å². The molecule has 138 valence electrons. The number of nitrogens with zero attached hydrogens (tertiary/aromatic N) is 1. The lowest BCUT2D eigenvalue weighted by Gasteiger charge is -2.33. The van der Waals surface area contributed by atoms with Gasteiger partial charge in [-0.05, 0) is 56.2 Å². The molecule has 0 radical (unpaired) electrons. The largest absolute Gasteiger partial charge is 0.461 e. The molecule has 4 nitrogen and oxygen atoms in total. The molecule has 3 rings (SSSR count). The maximum Gasteiger partial charge on any atom is 0.294 e. The summed E-state index contributed by atoms with van der Waals surface area (Å²) in [7, 11) is 0.122. The molecule has 1 aromatic heterocycles. The summed E-state index contributed by atoms with van der Waals surface area (Å²) < 4.78 is 23.3. The van der Waals surface area contributed by atoms with E-state index in [2.05, 4.69) is 47.8 Å². The van der Waals surface area contributed by atoms with E-state index in [4.69, 9.17) is 4.74 Å². The second-order valence-electron chi connectivity index (χ2n) is 7.60. The summed E-state index contributed by atoms with van der Waals surface area (Å²) in [5, 5.41) is 2.29. The zero-order chi connectivity index (χ0) is 18.0. The third-order valence-corrected chi connectivity index (χ3v) is 6.94. The molecule has 1 unspecified atom stereocenters. The predicted molar refractivity (Wildman–Crippen MR) is 105 cm³/mol. The van der Waals surface area contributed by atoms with Crippen LogP contribution in [0.3, 0.4) is 0 Å². The van der Waals surface area contributed by atoms with Crippen molar-refractivity contribution in [2.24, 2.45) is 0 Å². The van der Waals surface area contributed by atoms with E-state index in [0.29, 0.717) is 17.6 Å². The van der Waals surface area contributed by atoms with E-state index in [1.807, 2.05) is 0 Å². The van der Waals surface area contributed by atoms with Crippen LogP contribution in [0.4, 0.5) is 4.39 Å². The highest BCUT2D eigenvalue weighted by atomic mass is 32.2. The highest BCUT2D eigenvalue weighted by Gasteiger charge is 2.25. The quantitative estimate of drug-likeness (QED) is 0.766. The lowest BCUT2D eigenvalue weighted by atomic mass is 9.94. The van der Waals surface area contributed by atoms with Crippen LogP contribution in [0.2, 0.25) is 0 Å². The van der Waals surface area contributed by atoms with Crippen molar-refractivity contribution in [1.29, 1.82) is 0 Å². The topological polar surface area (TPSA) is 49.9 Å². The van der Waals surface area contributed by atoms with Crippen molar-refractivity contribution in [3.8, 4) is 6.01 Å². The van der Waals surface area contributed by atoms with Crippen LogP contribution in [0.15, 0.2) is 18.2 Å². The van der Waals surface area contributed by atoms with Crippen LogP contribution in [0, 0.1) is 5.82 Å². The van der Waals surface area contributed by atoms with Crippen molar-refractivity contribution in [2.75, 3.05) is 0 Å².